The van der Waals surface area contributed by atoms with Crippen LogP contribution >= 0.6 is 0 Å². The first-order valence-electron chi connectivity index (χ1n) is 6.92. The first-order chi connectivity index (χ1) is 10.0. The molecule has 0 aromatic heterocycles. The van der Waals surface area contributed by atoms with Crippen LogP contribution in [0.4, 0.5) is 11.4 Å². The molecule has 0 saturated heterocycles. The maximum Gasteiger partial charge on any atom is 0.255 e. The number of benzene rings is 2. The van der Waals surface area contributed by atoms with Gasteiger partial charge in [-0.1, -0.05) is 6.07 Å². The Kier molecular flexibility index (Phi) is 4.48. The standard InChI is InChI=1S/C17H20N2O2/c1-4-21-16-9-11(2)5-8-15(16)19-17(20)13-6-7-14(18)12(3)10-13/h5-10H,4,18H2,1-3H3,(H,19,20). The highest BCUT2D eigenvalue weighted by molar-refractivity contribution is 6.05. The van der Waals surface area contributed by atoms with Crippen LogP contribution in [0.15, 0.2) is 36.4 Å². The van der Waals surface area contributed by atoms with Gasteiger partial charge in [0.1, 0.15) is 5.75 Å². The molecule has 2 aromatic carbocycles. The minimum atomic E-state index is -0.178. The van der Waals surface area contributed by atoms with Gasteiger partial charge in [0.2, 0.25) is 0 Å². The van der Waals surface area contributed by atoms with E-state index in [0.29, 0.717) is 29.3 Å². The largest absolute Gasteiger partial charge is 0.492 e. The second-order valence-corrected chi connectivity index (χ2v) is 4.96. The van der Waals surface area contributed by atoms with Crippen molar-refractivity contribution in [2.75, 3.05) is 17.7 Å². The van der Waals surface area contributed by atoms with Crippen molar-refractivity contribution in [3.05, 3.63) is 53.1 Å². The summed E-state index contributed by atoms with van der Waals surface area (Å²) in [6.07, 6.45) is 0. The van der Waals surface area contributed by atoms with Crippen molar-refractivity contribution in [3.8, 4) is 5.75 Å². The van der Waals surface area contributed by atoms with Gasteiger partial charge in [-0.05, 0) is 62.2 Å². The van der Waals surface area contributed by atoms with Crippen molar-refractivity contribution in [2.45, 2.75) is 20.8 Å². The minimum absolute atomic E-state index is 0.178. The number of aryl methyl sites for hydroxylation is 2. The predicted molar refractivity (Wildman–Crippen MR) is 85.9 cm³/mol. The van der Waals surface area contributed by atoms with Gasteiger partial charge in [-0.2, -0.15) is 0 Å². The quantitative estimate of drug-likeness (QED) is 0.844. The fraction of sp³-hybridized carbons (Fsp3) is 0.235. The number of ether oxygens (including phenoxy) is 1. The second kappa shape index (κ2) is 6.31. The smallest absolute Gasteiger partial charge is 0.255 e. The Balaban J connectivity index is 2.24. The molecule has 1 amide bonds. The monoisotopic (exact) mass is 284 g/mol. The summed E-state index contributed by atoms with van der Waals surface area (Å²) in [4.78, 5) is 12.3. The van der Waals surface area contributed by atoms with Gasteiger partial charge in [-0.3, -0.25) is 4.79 Å². The minimum Gasteiger partial charge on any atom is -0.492 e. The highest BCUT2D eigenvalue weighted by Crippen LogP contribution is 2.26. The fourth-order valence-electron chi connectivity index (χ4n) is 2.02. The first kappa shape index (κ1) is 14.9. The topological polar surface area (TPSA) is 64.3 Å². The molecule has 2 aromatic rings. The number of carbonyl (C=O) groups is 1. The molecule has 0 aliphatic carbocycles. The maximum atomic E-state index is 12.3. The molecule has 0 aliphatic heterocycles. The molecule has 3 N–H and O–H groups in total. The van der Waals surface area contributed by atoms with Crippen molar-refractivity contribution >= 4 is 17.3 Å². The molecular weight excluding hydrogens is 264 g/mol. The highest BCUT2D eigenvalue weighted by Gasteiger charge is 2.11. The zero-order chi connectivity index (χ0) is 15.4. The fourth-order valence-corrected chi connectivity index (χ4v) is 2.02. The number of rotatable bonds is 4. The van der Waals surface area contributed by atoms with E-state index in [4.69, 9.17) is 10.5 Å². The number of nitrogens with one attached hydrogen (secondary N) is 1. The van der Waals surface area contributed by atoms with E-state index in [1.54, 1.807) is 18.2 Å². The molecule has 0 heterocycles. The van der Waals surface area contributed by atoms with Gasteiger partial charge in [0.05, 0.1) is 12.3 Å². The van der Waals surface area contributed by atoms with Gasteiger partial charge in [0.15, 0.2) is 0 Å². The van der Waals surface area contributed by atoms with Crippen molar-refractivity contribution < 1.29 is 9.53 Å². The summed E-state index contributed by atoms with van der Waals surface area (Å²) in [7, 11) is 0. The van der Waals surface area contributed by atoms with Crippen LogP contribution in [0, 0.1) is 13.8 Å². The van der Waals surface area contributed by atoms with Crippen molar-refractivity contribution in [1.82, 2.24) is 0 Å². The van der Waals surface area contributed by atoms with Gasteiger partial charge >= 0.3 is 0 Å². The molecule has 4 heteroatoms. The Morgan fingerprint density at radius 1 is 1.19 bits per heavy atom. The second-order valence-electron chi connectivity index (χ2n) is 4.96. The zero-order valence-electron chi connectivity index (χ0n) is 12.6. The molecule has 21 heavy (non-hydrogen) atoms. The zero-order valence-corrected chi connectivity index (χ0v) is 12.6. The molecular formula is C17H20N2O2. The van der Waals surface area contributed by atoms with Crippen LogP contribution in [0.1, 0.15) is 28.4 Å². The average Bonchev–Trinajstić information content (AvgIpc) is 2.45. The summed E-state index contributed by atoms with van der Waals surface area (Å²) < 4.78 is 5.56. The van der Waals surface area contributed by atoms with Gasteiger partial charge in [0, 0.05) is 11.3 Å². The van der Waals surface area contributed by atoms with Crippen LogP contribution < -0.4 is 15.8 Å². The van der Waals surface area contributed by atoms with Crippen LogP contribution in [-0.2, 0) is 0 Å². The molecule has 4 nitrogen and oxygen atoms in total. The first-order valence-corrected chi connectivity index (χ1v) is 6.92. The number of hydrogen-bond acceptors (Lipinski definition) is 3. The van der Waals surface area contributed by atoms with Crippen molar-refractivity contribution in [2.24, 2.45) is 0 Å². The summed E-state index contributed by atoms with van der Waals surface area (Å²) in [5.74, 6) is 0.501. The third-order valence-electron chi connectivity index (χ3n) is 3.22. The number of amides is 1. The molecule has 2 rings (SSSR count). The van der Waals surface area contributed by atoms with Gasteiger partial charge in [0.25, 0.3) is 5.91 Å². The third-order valence-corrected chi connectivity index (χ3v) is 3.22. The van der Waals surface area contributed by atoms with E-state index in [9.17, 15) is 4.79 Å². The van der Waals surface area contributed by atoms with E-state index < -0.39 is 0 Å². The lowest BCUT2D eigenvalue weighted by Crippen LogP contribution is -2.13. The highest BCUT2D eigenvalue weighted by atomic mass is 16.5. The lowest BCUT2D eigenvalue weighted by molar-refractivity contribution is 0.102. The van der Waals surface area contributed by atoms with Crippen LogP contribution in [-0.4, -0.2) is 12.5 Å². The van der Waals surface area contributed by atoms with E-state index in [1.165, 1.54) is 0 Å². The molecule has 0 fully saturated rings. The summed E-state index contributed by atoms with van der Waals surface area (Å²) in [5.41, 5.74) is 9.66. The normalized spacial score (nSPS) is 10.2. The molecule has 0 aliphatic rings. The van der Waals surface area contributed by atoms with Gasteiger partial charge < -0.3 is 15.8 Å². The molecule has 0 unspecified atom stereocenters. The molecule has 0 saturated carbocycles. The lowest BCUT2D eigenvalue weighted by atomic mass is 10.1. The molecule has 110 valence electrons. The van der Waals surface area contributed by atoms with Crippen LogP contribution in [0.3, 0.4) is 0 Å². The Bertz CT molecular complexity index is 666. The SMILES string of the molecule is CCOc1cc(C)ccc1NC(=O)c1ccc(N)c(C)c1. The van der Waals surface area contributed by atoms with E-state index in [2.05, 4.69) is 5.32 Å². The third kappa shape index (κ3) is 3.54. The molecule has 0 atom stereocenters. The van der Waals surface area contributed by atoms with Crippen LogP contribution in [0.2, 0.25) is 0 Å². The van der Waals surface area contributed by atoms with Gasteiger partial charge in [-0.15, -0.1) is 0 Å². The summed E-state index contributed by atoms with van der Waals surface area (Å²) >= 11 is 0. The van der Waals surface area contributed by atoms with Crippen LogP contribution in [0.25, 0.3) is 0 Å². The van der Waals surface area contributed by atoms with E-state index in [1.807, 2.05) is 39.0 Å². The Morgan fingerprint density at radius 3 is 2.62 bits per heavy atom. The Hall–Kier alpha value is -2.49. The molecule has 0 bridgehead atoms. The predicted octanol–water partition coefficient (Wildman–Crippen LogP) is 3.54. The van der Waals surface area contributed by atoms with Gasteiger partial charge in [-0.25, -0.2) is 0 Å². The number of nitrogens with two attached hydrogens (primary N) is 1. The Morgan fingerprint density at radius 2 is 1.95 bits per heavy atom. The van der Waals surface area contributed by atoms with E-state index in [0.717, 1.165) is 11.1 Å². The van der Waals surface area contributed by atoms with Crippen molar-refractivity contribution in [3.63, 3.8) is 0 Å². The number of nitrogen functional groups attached to an aromatic ring is 1. The summed E-state index contributed by atoms with van der Waals surface area (Å²) in [6.45, 7) is 6.33. The van der Waals surface area contributed by atoms with E-state index in [-0.39, 0.29) is 5.91 Å². The Labute approximate surface area is 124 Å². The molecule has 0 radical (unpaired) electrons. The number of anilines is 2. The van der Waals surface area contributed by atoms with Crippen LogP contribution in [0.5, 0.6) is 5.75 Å². The maximum absolute atomic E-state index is 12.3. The molecule has 0 spiro atoms. The number of hydrogen-bond donors (Lipinski definition) is 2. The average molecular weight is 284 g/mol. The summed E-state index contributed by atoms with van der Waals surface area (Å²) in [5, 5.41) is 2.88. The number of carbonyl (C=O) groups excluding carboxylic acids is 1. The summed E-state index contributed by atoms with van der Waals surface area (Å²) in [6, 6.07) is 10.9. The lowest BCUT2D eigenvalue weighted by Gasteiger charge is -2.13. The van der Waals surface area contributed by atoms with Crippen molar-refractivity contribution in [1.29, 1.82) is 0 Å². The van der Waals surface area contributed by atoms with E-state index >= 15 is 0 Å².